The Morgan fingerprint density at radius 1 is 1.11 bits per heavy atom. The maximum absolute atomic E-state index is 12.2. The van der Waals surface area contributed by atoms with Crippen LogP contribution in [0.15, 0.2) is 29.3 Å². The second-order valence-electron chi connectivity index (χ2n) is 5.34. The van der Waals surface area contributed by atoms with Gasteiger partial charge < -0.3 is 5.32 Å². The van der Waals surface area contributed by atoms with Gasteiger partial charge in [0, 0.05) is 5.56 Å². The van der Waals surface area contributed by atoms with Crippen molar-refractivity contribution in [2.75, 3.05) is 0 Å². The second kappa shape index (κ2) is 4.97. The van der Waals surface area contributed by atoms with E-state index in [9.17, 15) is 4.79 Å². The van der Waals surface area contributed by atoms with Gasteiger partial charge in [0.1, 0.15) is 11.4 Å². The zero-order valence-corrected chi connectivity index (χ0v) is 11.5. The molecule has 0 saturated heterocycles. The molecule has 19 heavy (non-hydrogen) atoms. The van der Waals surface area contributed by atoms with Crippen LogP contribution in [0.3, 0.4) is 0 Å². The van der Waals surface area contributed by atoms with E-state index in [2.05, 4.69) is 5.32 Å². The molecule has 1 aliphatic carbocycles. The first-order valence-electron chi connectivity index (χ1n) is 6.87. The fourth-order valence-electron chi connectivity index (χ4n) is 2.95. The topological polar surface area (TPSA) is 41.5 Å². The molecule has 1 saturated carbocycles. The predicted octanol–water partition coefficient (Wildman–Crippen LogP) is 3.31. The molecule has 1 spiro atoms. The minimum Gasteiger partial charge on any atom is -0.326 e. The molecule has 3 nitrogen and oxygen atoms in total. The number of carbonyl (C=O) groups excluding carboxylic acids is 1. The van der Waals surface area contributed by atoms with Crippen LogP contribution in [-0.2, 0) is 4.79 Å². The molecule has 0 aromatic heterocycles. The largest absolute Gasteiger partial charge is 0.326 e. The van der Waals surface area contributed by atoms with Gasteiger partial charge >= 0.3 is 0 Å². The lowest BCUT2D eigenvalue weighted by atomic mass is 10.0. The summed E-state index contributed by atoms with van der Waals surface area (Å²) in [7, 11) is 0. The van der Waals surface area contributed by atoms with Gasteiger partial charge in [-0.3, -0.25) is 9.79 Å². The number of carbonyl (C=O) groups is 1. The third-order valence-electron chi connectivity index (χ3n) is 3.95. The van der Waals surface area contributed by atoms with Crippen molar-refractivity contribution < 1.29 is 4.79 Å². The quantitative estimate of drug-likeness (QED) is 0.840. The van der Waals surface area contributed by atoms with E-state index in [-0.39, 0.29) is 11.6 Å². The van der Waals surface area contributed by atoms with Gasteiger partial charge in [-0.25, -0.2) is 0 Å². The summed E-state index contributed by atoms with van der Waals surface area (Å²) >= 11 is 6.17. The number of aliphatic imine (C=N–C) groups is 1. The standard InChI is InChI=1S/C15H17ClN2O/c16-12-8-4-3-7-11(12)13-14(19)18-15(17-13)9-5-1-2-6-10-15/h3-4,7-8H,1-2,5-6,9-10H2,(H,18,19). The number of nitrogens with one attached hydrogen (secondary N) is 1. The Hall–Kier alpha value is -1.35. The first-order valence-corrected chi connectivity index (χ1v) is 7.25. The molecule has 1 heterocycles. The molecule has 0 unspecified atom stereocenters. The number of benzene rings is 1. The van der Waals surface area contributed by atoms with E-state index < -0.39 is 0 Å². The molecule has 1 fully saturated rings. The van der Waals surface area contributed by atoms with Crippen molar-refractivity contribution in [3.8, 4) is 0 Å². The van der Waals surface area contributed by atoms with Crippen LogP contribution in [0.2, 0.25) is 5.02 Å². The van der Waals surface area contributed by atoms with E-state index >= 15 is 0 Å². The molecule has 4 heteroatoms. The fourth-order valence-corrected chi connectivity index (χ4v) is 3.17. The first-order chi connectivity index (χ1) is 9.20. The average molecular weight is 277 g/mol. The molecule has 1 aromatic carbocycles. The summed E-state index contributed by atoms with van der Waals surface area (Å²) in [6.45, 7) is 0. The third kappa shape index (κ3) is 2.39. The molecular formula is C15H17ClN2O. The van der Waals surface area contributed by atoms with Crippen molar-refractivity contribution in [3.05, 3.63) is 34.9 Å². The zero-order valence-electron chi connectivity index (χ0n) is 10.8. The maximum atomic E-state index is 12.2. The summed E-state index contributed by atoms with van der Waals surface area (Å²) in [5.74, 6) is -0.0880. The molecule has 0 bridgehead atoms. The highest BCUT2D eigenvalue weighted by Gasteiger charge is 2.39. The molecule has 1 N–H and O–H groups in total. The second-order valence-corrected chi connectivity index (χ2v) is 5.75. The Morgan fingerprint density at radius 2 is 1.79 bits per heavy atom. The van der Waals surface area contributed by atoms with Gasteiger partial charge in [0.15, 0.2) is 0 Å². The SMILES string of the molecule is O=C1NC2(CCCCCC2)N=C1c1ccccc1Cl. The maximum Gasteiger partial charge on any atom is 0.272 e. The summed E-state index contributed by atoms with van der Waals surface area (Å²) in [6, 6.07) is 7.40. The molecule has 3 rings (SSSR count). The number of nitrogens with zero attached hydrogens (tertiary/aromatic N) is 1. The number of hydrogen-bond acceptors (Lipinski definition) is 2. The lowest BCUT2D eigenvalue weighted by Gasteiger charge is -2.24. The highest BCUT2D eigenvalue weighted by molar-refractivity contribution is 6.50. The van der Waals surface area contributed by atoms with Crippen LogP contribution in [0, 0.1) is 0 Å². The van der Waals surface area contributed by atoms with Crippen molar-refractivity contribution in [1.29, 1.82) is 0 Å². The van der Waals surface area contributed by atoms with Gasteiger partial charge in [0.25, 0.3) is 5.91 Å². The van der Waals surface area contributed by atoms with Crippen molar-refractivity contribution in [3.63, 3.8) is 0 Å². The summed E-state index contributed by atoms with van der Waals surface area (Å²) < 4.78 is 0. The molecule has 1 amide bonds. The smallest absolute Gasteiger partial charge is 0.272 e. The van der Waals surface area contributed by atoms with Crippen LogP contribution >= 0.6 is 11.6 Å². The van der Waals surface area contributed by atoms with E-state index in [4.69, 9.17) is 16.6 Å². The molecule has 0 atom stereocenters. The van der Waals surface area contributed by atoms with Crippen molar-refractivity contribution in [2.45, 2.75) is 44.2 Å². The van der Waals surface area contributed by atoms with Crippen molar-refractivity contribution >= 4 is 23.2 Å². The molecule has 2 aliphatic rings. The van der Waals surface area contributed by atoms with Gasteiger partial charge in [-0.05, 0) is 31.7 Å². The average Bonchev–Trinajstić information content (AvgIpc) is 2.58. The Bertz CT molecular complexity index is 531. The summed E-state index contributed by atoms with van der Waals surface area (Å²) in [6.07, 6.45) is 6.59. The van der Waals surface area contributed by atoms with Crippen LogP contribution in [0.25, 0.3) is 0 Å². The highest BCUT2D eigenvalue weighted by Crippen LogP contribution is 2.32. The fraction of sp³-hybridized carbons (Fsp3) is 0.467. The Labute approximate surface area is 118 Å². The molecule has 0 radical (unpaired) electrons. The normalized spacial score (nSPS) is 21.9. The van der Waals surface area contributed by atoms with Crippen molar-refractivity contribution in [2.24, 2.45) is 4.99 Å². The van der Waals surface area contributed by atoms with Crippen LogP contribution in [0.1, 0.15) is 44.1 Å². The van der Waals surface area contributed by atoms with E-state index in [1.807, 2.05) is 18.2 Å². The Balaban J connectivity index is 1.97. The van der Waals surface area contributed by atoms with Crippen LogP contribution in [-0.4, -0.2) is 17.3 Å². The van der Waals surface area contributed by atoms with Crippen LogP contribution < -0.4 is 5.32 Å². The van der Waals surface area contributed by atoms with Gasteiger partial charge in [-0.2, -0.15) is 0 Å². The minimum absolute atomic E-state index is 0.0880. The van der Waals surface area contributed by atoms with Gasteiger partial charge in [-0.15, -0.1) is 0 Å². The first kappa shape index (κ1) is 12.7. The Morgan fingerprint density at radius 3 is 2.47 bits per heavy atom. The van der Waals surface area contributed by atoms with Gasteiger partial charge in [0.05, 0.1) is 5.02 Å². The van der Waals surface area contributed by atoms with Crippen LogP contribution in [0.4, 0.5) is 0 Å². The highest BCUT2D eigenvalue weighted by atomic mass is 35.5. The molecule has 1 aliphatic heterocycles. The van der Waals surface area contributed by atoms with E-state index in [0.717, 1.165) is 31.2 Å². The minimum atomic E-state index is -0.373. The lowest BCUT2D eigenvalue weighted by molar-refractivity contribution is -0.115. The van der Waals surface area contributed by atoms with Crippen LogP contribution in [0.5, 0.6) is 0 Å². The summed E-state index contributed by atoms with van der Waals surface area (Å²) in [4.78, 5) is 16.9. The zero-order chi connectivity index (χ0) is 13.3. The molecule has 100 valence electrons. The lowest BCUT2D eigenvalue weighted by Crippen LogP contribution is -2.42. The van der Waals surface area contributed by atoms with E-state index in [1.54, 1.807) is 6.07 Å². The summed E-state index contributed by atoms with van der Waals surface area (Å²) in [5.41, 5.74) is 0.859. The molecular weight excluding hydrogens is 260 g/mol. The predicted molar refractivity (Wildman–Crippen MR) is 76.6 cm³/mol. The van der Waals surface area contributed by atoms with E-state index in [0.29, 0.717) is 10.7 Å². The Kier molecular flexibility index (Phi) is 3.31. The molecule has 1 aromatic rings. The number of halogens is 1. The van der Waals surface area contributed by atoms with Gasteiger partial charge in [0.2, 0.25) is 0 Å². The van der Waals surface area contributed by atoms with Crippen molar-refractivity contribution in [1.82, 2.24) is 5.32 Å². The number of hydrogen-bond donors (Lipinski definition) is 1. The third-order valence-corrected chi connectivity index (χ3v) is 4.28. The van der Waals surface area contributed by atoms with Gasteiger partial charge in [-0.1, -0.05) is 42.6 Å². The number of rotatable bonds is 1. The monoisotopic (exact) mass is 276 g/mol. The van der Waals surface area contributed by atoms with E-state index in [1.165, 1.54) is 12.8 Å². The number of amides is 1. The summed E-state index contributed by atoms with van der Waals surface area (Å²) in [5, 5.41) is 3.67.